The fourth-order valence-electron chi connectivity index (χ4n) is 1.53. The normalized spacial score (nSPS) is 13.5. The summed E-state index contributed by atoms with van der Waals surface area (Å²) in [5.41, 5.74) is 5.13. The lowest BCUT2D eigenvalue weighted by molar-refractivity contribution is 0.394. The monoisotopic (exact) mass is 389 g/mol. The van der Waals surface area contributed by atoms with Crippen LogP contribution >= 0.6 is 12.4 Å². The number of nitrogens with two attached hydrogens (primary N) is 1. The fraction of sp³-hybridized carbons (Fsp3) is 0.500. The third-order valence-corrected chi connectivity index (χ3v) is 6.48. The van der Waals surface area contributed by atoms with E-state index in [2.05, 4.69) is 0 Å². The molecular weight excluding hydrogens is 369 g/mol. The standard InChI is InChI=1S/C12H20FN3O4S2.ClH/c1-4-21(17,18)15-12-6-5-10(7-11(12)13)22(19,20)16(3)9(2)8-14;/h5-7,9,15H,4,8,14H2,1-3H3;1H. The van der Waals surface area contributed by atoms with E-state index < -0.39 is 31.9 Å². The van der Waals surface area contributed by atoms with Crippen molar-refractivity contribution in [2.24, 2.45) is 5.73 Å². The van der Waals surface area contributed by atoms with Gasteiger partial charge in [0.15, 0.2) is 0 Å². The maximum atomic E-state index is 14.0. The first kappa shape index (κ1) is 22.1. The van der Waals surface area contributed by atoms with Crippen molar-refractivity contribution in [1.29, 1.82) is 0 Å². The Morgan fingerprint density at radius 2 is 1.87 bits per heavy atom. The third kappa shape index (κ3) is 5.28. The highest BCUT2D eigenvalue weighted by atomic mass is 35.5. The number of nitrogens with one attached hydrogen (secondary N) is 1. The molecular formula is C12H21ClFN3O4S2. The number of hydrogen-bond acceptors (Lipinski definition) is 5. The van der Waals surface area contributed by atoms with E-state index in [1.807, 2.05) is 4.72 Å². The Balaban J connectivity index is 0.00000484. The van der Waals surface area contributed by atoms with E-state index in [1.54, 1.807) is 6.92 Å². The fourth-order valence-corrected chi connectivity index (χ4v) is 3.56. The van der Waals surface area contributed by atoms with Crippen LogP contribution in [0.25, 0.3) is 0 Å². The predicted molar refractivity (Wildman–Crippen MR) is 90.2 cm³/mol. The highest BCUT2D eigenvalue weighted by Gasteiger charge is 2.25. The van der Waals surface area contributed by atoms with Crippen molar-refractivity contribution < 1.29 is 21.2 Å². The van der Waals surface area contributed by atoms with E-state index in [0.29, 0.717) is 0 Å². The van der Waals surface area contributed by atoms with Gasteiger partial charge in [-0.2, -0.15) is 4.31 Å². The van der Waals surface area contributed by atoms with Crippen LogP contribution in [0.5, 0.6) is 0 Å². The molecule has 0 radical (unpaired) electrons. The molecule has 1 atom stereocenters. The lowest BCUT2D eigenvalue weighted by Crippen LogP contribution is -2.39. The Labute approximate surface area is 142 Å². The molecule has 0 aliphatic rings. The molecule has 23 heavy (non-hydrogen) atoms. The van der Waals surface area contributed by atoms with Crippen LogP contribution in [-0.2, 0) is 20.0 Å². The molecule has 134 valence electrons. The van der Waals surface area contributed by atoms with Gasteiger partial charge < -0.3 is 5.73 Å². The molecule has 7 nitrogen and oxygen atoms in total. The van der Waals surface area contributed by atoms with Gasteiger partial charge in [0.1, 0.15) is 5.82 Å². The second-order valence-corrected chi connectivity index (χ2v) is 8.76. The molecule has 1 aromatic carbocycles. The van der Waals surface area contributed by atoms with Gasteiger partial charge in [-0.15, -0.1) is 12.4 Å². The van der Waals surface area contributed by atoms with Crippen molar-refractivity contribution in [2.75, 3.05) is 24.1 Å². The summed E-state index contributed by atoms with van der Waals surface area (Å²) in [5.74, 6) is -1.18. The van der Waals surface area contributed by atoms with E-state index in [1.165, 1.54) is 14.0 Å². The first-order valence-corrected chi connectivity index (χ1v) is 9.62. The molecule has 0 spiro atoms. The number of benzene rings is 1. The summed E-state index contributed by atoms with van der Waals surface area (Å²) in [6.07, 6.45) is 0. The lowest BCUT2D eigenvalue weighted by atomic mass is 10.3. The van der Waals surface area contributed by atoms with Crippen molar-refractivity contribution in [1.82, 2.24) is 4.31 Å². The predicted octanol–water partition coefficient (Wildman–Crippen LogP) is 0.977. The Bertz CT molecular complexity index is 741. The summed E-state index contributed by atoms with van der Waals surface area (Å²) in [6.45, 7) is 3.15. The van der Waals surface area contributed by atoms with E-state index in [0.717, 1.165) is 22.5 Å². The van der Waals surface area contributed by atoms with Gasteiger partial charge in [0, 0.05) is 19.6 Å². The molecule has 0 aliphatic heterocycles. The number of sulfonamides is 2. The molecule has 0 aliphatic carbocycles. The first-order valence-electron chi connectivity index (χ1n) is 6.53. The Morgan fingerprint density at radius 1 is 1.30 bits per heavy atom. The zero-order valence-electron chi connectivity index (χ0n) is 13.0. The molecule has 1 unspecified atom stereocenters. The zero-order valence-corrected chi connectivity index (χ0v) is 15.4. The lowest BCUT2D eigenvalue weighted by Gasteiger charge is -2.23. The summed E-state index contributed by atoms with van der Waals surface area (Å²) in [6, 6.07) is 2.55. The summed E-state index contributed by atoms with van der Waals surface area (Å²) < 4.78 is 64.5. The molecule has 0 fully saturated rings. The molecule has 11 heteroatoms. The second-order valence-electron chi connectivity index (χ2n) is 4.75. The minimum Gasteiger partial charge on any atom is -0.329 e. The summed E-state index contributed by atoms with van der Waals surface area (Å²) in [4.78, 5) is -0.271. The van der Waals surface area contributed by atoms with Crippen LogP contribution in [0.1, 0.15) is 13.8 Å². The van der Waals surface area contributed by atoms with Gasteiger partial charge in [0.2, 0.25) is 20.0 Å². The van der Waals surface area contributed by atoms with Gasteiger partial charge in [0.05, 0.1) is 16.3 Å². The number of likely N-dealkylation sites (N-methyl/N-ethyl adjacent to an activating group) is 1. The summed E-state index contributed by atoms with van der Waals surface area (Å²) in [7, 11) is -6.20. The molecule has 0 heterocycles. The summed E-state index contributed by atoms with van der Waals surface area (Å²) >= 11 is 0. The van der Waals surface area contributed by atoms with E-state index in [9.17, 15) is 21.2 Å². The minimum absolute atomic E-state index is 0. The van der Waals surface area contributed by atoms with Gasteiger partial charge in [-0.05, 0) is 32.0 Å². The molecule has 0 saturated carbocycles. The molecule has 3 N–H and O–H groups in total. The molecule has 0 aromatic heterocycles. The van der Waals surface area contributed by atoms with Crippen LogP contribution in [0.4, 0.5) is 10.1 Å². The van der Waals surface area contributed by atoms with Crippen LogP contribution < -0.4 is 10.5 Å². The van der Waals surface area contributed by atoms with E-state index in [-0.39, 0.29) is 35.3 Å². The quantitative estimate of drug-likeness (QED) is 0.722. The van der Waals surface area contributed by atoms with Crippen LogP contribution in [0, 0.1) is 5.82 Å². The van der Waals surface area contributed by atoms with E-state index in [4.69, 9.17) is 5.73 Å². The van der Waals surface area contributed by atoms with Crippen LogP contribution in [-0.4, -0.2) is 46.5 Å². The van der Waals surface area contributed by atoms with Crippen molar-refractivity contribution in [3.63, 3.8) is 0 Å². The van der Waals surface area contributed by atoms with Gasteiger partial charge >= 0.3 is 0 Å². The van der Waals surface area contributed by atoms with Crippen molar-refractivity contribution >= 4 is 38.1 Å². The van der Waals surface area contributed by atoms with Gasteiger partial charge in [-0.1, -0.05) is 0 Å². The van der Waals surface area contributed by atoms with Gasteiger partial charge in [0.25, 0.3) is 0 Å². The zero-order chi connectivity index (χ0) is 17.1. The average Bonchev–Trinajstić information content (AvgIpc) is 2.47. The second kappa shape index (κ2) is 8.25. The Hall–Kier alpha value is -0.940. The van der Waals surface area contributed by atoms with Gasteiger partial charge in [-0.3, -0.25) is 4.72 Å². The molecule has 0 amide bonds. The van der Waals surface area contributed by atoms with E-state index >= 15 is 0 Å². The van der Waals surface area contributed by atoms with Crippen molar-refractivity contribution in [3.05, 3.63) is 24.0 Å². The number of halogens is 2. The number of nitrogens with zero attached hydrogens (tertiary/aromatic N) is 1. The minimum atomic E-state index is -3.90. The molecule has 0 saturated heterocycles. The topological polar surface area (TPSA) is 110 Å². The van der Waals surface area contributed by atoms with Crippen molar-refractivity contribution in [3.8, 4) is 0 Å². The Morgan fingerprint density at radius 3 is 2.30 bits per heavy atom. The third-order valence-electron chi connectivity index (χ3n) is 3.22. The van der Waals surface area contributed by atoms with Crippen LogP contribution in [0.3, 0.4) is 0 Å². The Kier molecular flexibility index (Phi) is 7.91. The maximum Gasteiger partial charge on any atom is 0.243 e. The SMILES string of the molecule is CCS(=O)(=O)Nc1ccc(S(=O)(=O)N(C)C(C)CN)cc1F.Cl. The van der Waals surface area contributed by atoms with Gasteiger partial charge in [-0.25, -0.2) is 21.2 Å². The molecule has 0 bridgehead atoms. The molecule has 1 aromatic rings. The summed E-state index contributed by atoms with van der Waals surface area (Å²) in [5, 5.41) is 0. The molecule has 1 rings (SSSR count). The number of anilines is 1. The van der Waals surface area contributed by atoms with Crippen LogP contribution in [0.2, 0.25) is 0 Å². The first-order chi connectivity index (χ1) is 10.0. The van der Waals surface area contributed by atoms with Crippen molar-refractivity contribution in [2.45, 2.75) is 24.8 Å². The highest BCUT2D eigenvalue weighted by Crippen LogP contribution is 2.23. The smallest absolute Gasteiger partial charge is 0.243 e. The van der Waals surface area contributed by atoms with Crippen LogP contribution in [0.15, 0.2) is 23.1 Å². The number of rotatable bonds is 7. The average molecular weight is 390 g/mol. The highest BCUT2D eigenvalue weighted by molar-refractivity contribution is 7.92. The largest absolute Gasteiger partial charge is 0.329 e. The maximum absolute atomic E-state index is 14.0. The number of hydrogen-bond donors (Lipinski definition) is 2.